The average molecular weight is 376 g/mol. The fourth-order valence-corrected chi connectivity index (χ4v) is 2.52. The lowest BCUT2D eigenvalue weighted by atomic mass is 10.1. The maximum Gasteiger partial charge on any atom is 0.327 e. The van der Waals surface area contributed by atoms with E-state index in [1.54, 1.807) is 0 Å². The van der Waals surface area contributed by atoms with E-state index in [1.807, 2.05) is 0 Å². The first-order valence-corrected chi connectivity index (χ1v) is 8.52. The van der Waals surface area contributed by atoms with E-state index in [0.29, 0.717) is 6.42 Å². The summed E-state index contributed by atoms with van der Waals surface area (Å²) in [6.45, 7) is 1.66. The van der Waals surface area contributed by atoms with Gasteiger partial charge in [0.2, 0.25) is 17.7 Å². The van der Waals surface area contributed by atoms with Gasteiger partial charge in [-0.1, -0.05) is 0 Å². The lowest BCUT2D eigenvalue weighted by molar-refractivity contribution is -0.142. The third-order valence-corrected chi connectivity index (χ3v) is 4.04. The molecule has 1 heterocycles. The highest BCUT2D eigenvalue weighted by Crippen LogP contribution is 2.04. The van der Waals surface area contributed by atoms with Crippen LogP contribution in [0.1, 0.15) is 19.8 Å². The zero-order valence-electron chi connectivity index (χ0n) is 13.8. The van der Waals surface area contributed by atoms with Crippen LogP contribution in [0.3, 0.4) is 0 Å². The zero-order chi connectivity index (χ0) is 19.0. The number of carbonyl (C=O) groups is 4. The topological polar surface area (TPSA) is 157 Å². The molecule has 0 aromatic heterocycles. The minimum atomic E-state index is -1.35. The number of hydrogen-bond donors (Lipinski definition) is 7. The molecule has 1 fully saturated rings. The number of nitrogens with one attached hydrogen (secondary N) is 4. The summed E-state index contributed by atoms with van der Waals surface area (Å²) in [5.41, 5.74) is 0. The molecule has 10 nitrogen and oxygen atoms in total. The Hall–Kier alpha value is -1.85. The van der Waals surface area contributed by atoms with Gasteiger partial charge in [0.15, 0.2) is 0 Å². The van der Waals surface area contributed by atoms with Gasteiger partial charge in [0.05, 0.1) is 18.7 Å². The third-order valence-electron chi connectivity index (χ3n) is 3.68. The highest BCUT2D eigenvalue weighted by Gasteiger charge is 2.29. The van der Waals surface area contributed by atoms with Crippen LogP contribution in [0.15, 0.2) is 0 Å². The van der Waals surface area contributed by atoms with E-state index >= 15 is 0 Å². The van der Waals surface area contributed by atoms with Crippen LogP contribution in [0, 0.1) is 0 Å². The molecular formula is C14H24N4O6S. The molecule has 0 spiro atoms. The van der Waals surface area contributed by atoms with E-state index in [9.17, 15) is 24.3 Å². The van der Waals surface area contributed by atoms with Crippen LogP contribution in [0.25, 0.3) is 0 Å². The predicted octanol–water partition coefficient (Wildman–Crippen LogP) is -2.78. The fraction of sp³-hybridized carbons (Fsp3) is 0.714. The summed E-state index contributed by atoms with van der Waals surface area (Å²) in [4.78, 5) is 46.7. The number of carboxylic acid groups (broad SMARTS) is 1. The Bertz CT molecular complexity index is 510. The van der Waals surface area contributed by atoms with E-state index in [4.69, 9.17) is 5.11 Å². The number of carboxylic acids is 1. The summed E-state index contributed by atoms with van der Waals surface area (Å²) in [6, 6.07) is -2.94. The summed E-state index contributed by atoms with van der Waals surface area (Å²) < 4.78 is 0. The van der Waals surface area contributed by atoms with Gasteiger partial charge in [-0.15, -0.1) is 0 Å². The molecule has 11 heteroatoms. The van der Waals surface area contributed by atoms with Crippen molar-refractivity contribution >= 4 is 36.3 Å². The van der Waals surface area contributed by atoms with Crippen LogP contribution in [0.4, 0.5) is 0 Å². The molecule has 6 N–H and O–H groups in total. The molecule has 0 radical (unpaired) electrons. The highest BCUT2D eigenvalue weighted by molar-refractivity contribution is 7.80. The smallest absolute Gasteiger partial charge is 0.327 e. The first-order valence-electron chi connectivity index (χ1n) is 7.88. The molecule has 0 aromatic carbocycles. The second kappa shape index (κ2) is 10.2. The van der Waals surface area contributed by atoms with Gasteiger partial charge in [0.1, 0.15) is 12.1 Å². The molecule has 0 saturated carbocycles. The molecule has 4 unspecified atom stereocenters. The lowest BCUT2D eigenvalue weighted by Gasteiger charge is -2.23. The maximum absolute atomic E-state index is 12.1. The number of hydrogen-bond acceptors (Lipinski definition) is 7. The summed E-state index contributed by atoms with van der Waals surface area (Å²) in [5, 5.41) is 28.5. The molecule has 1 saturated heterocycles. The predicted molar refractivity (Wildman–Crippen MR) is 91.1 cm³/mol. The van der Waals surface area contributed by atoms with Crippen molar-refractivity contribution in [1.82, 2.24) is 21.3 Å². The largest absolute Gasteiger partial charge is 0.480 e. The number of aliphatic hydroxyl groups is 1. The number of thiol groups is 1. The molecule has 0 aliphatic carbocycles. The van der Waals surface area contributed by atoms with E-state index in [-0.39, 0.29) is 24.2 Å². The standard InChI is InChI=1S/C14H24N4O6S/c1-7(19)11(13(22)17-9(6-25)14(23)24)18-10(20)5-16-12(21)8-3-2-4-15-8/h7-9,11,15,19,25H,2-6H2,1H3,(H,16,21)(H,17,22)(H,18,20)(H,23,24). The normalized spacial score (nSPS) is 20.2. The van der Waals surface area contributed by atoms with Crippen molar-refractivity contribution in [2.24, 2.45) is 0 Å². The molecule has 0 aromatic rings. The Morgan fingerprint density at radius 3 is 2.44 bits per heavy atom. The first kappa shape index (κ1) is 21.2. The van der Waals surface area contributed by atoms with Crippen molar-refractivity contribution in [3.05, 3.63) is 0 Å². The van der Waals surface area contributed by atoms with Gasteiger partial charge in [0, 0.05) is 5.75 Å². The van der Waals surface area contributed by atoms with Crippen molar-refractivity contribution in [2.45, 2.75) is 44.0 Å². The Balaban J connectivity index is 2.52. The lowest BCUT2D eigenvalue weighted by Crippen LogP contribution is -2.57. The van der Waals surface area contributed by atoms with Crippen molar-refractivity contribution in [3.63, 3.8) is 0 Å². The second-order valence-corrected chi connectivity index (χ2v) is 6.10. The molecule has 1 aliphatic rings. The quantitative estimate of drug-likeness (QED) is 0.215. The number of aliphatic hydroxyl groups excluding tert-OH is 1. The molecule has 1 rings (SSSR count). The van der Waals surface area contributed by atoms with Gasteiger partial charge in [-0.2, -0.15) is 12.6 Å². The van der Waals surface area contributed by atoms with Crippen LogP contribution in [0.5, 0.6) is 0 Å². The van der Waals surface area contributed by atoms with Gasteiger partial charge in [0.25, 0.3) is 0 Å². The molecule has 0 bridgehead atoms. The fourth-order valence-electron chi connectivity index (χ4n) is 2.28. The third kappa shape index (κ3) is 6.88. The number of carbonyl (C=O) groups excluding carboxylic acids is 3. The highest BCUT2D eigenvalue weighted by atomic mass is 32.1. The Morgan fingerprint density at radius 2 is 1.96 bits per heavy atom. The monoisotopic (exact) mass is 376 g/mol. The average Bonchev–Trinajstić information content (AvgIpc) is 3.09. The second-order valence-electron chi connectivity index (χ2n) is 5.73. The van der Waals surface area contributed by atoms with Crippen LogP contribution in [0.2, 0.25) is 0 Å². The van der Waals surface area contributed by atoms with E-state index in [2.05, 4.69) is 33.9 Å². The minimum absolute atomic E-state index is 0.147. The van der Waals surface area contributed by atoms with Crippen LogP contribution in [-0.4, -0.2) is 77.0 Å². The van der Waals surface area contributed by atoms with E-state index in [1.165, 1.54) is 6.92 Å². The van der Waals surface area contributed by atoms with Crippen molar-refractivity contribution in [3.8, 4) is 0 Å². The molecule has 142 valence electrons. The van der Waals surface area contributed by atoms with Gasteiger partial charge >= 0.3 is 5.97 Å². The van der Waals surface area contributed by atoms with Crippen molar-refractivity contribution in [1.29, 1.82) is 0 Å². The zero-order valence-corrected chi connectivity index (χ0v) is 14.7. The Labute approximate surface area is 150 Å². The van der Waals surface area contributed by atoms with E-state index in [0.717, 1.165) is 13.0 Å². The number of rotatable bonds is 9. The van der Waals surface area contributed by atoms with Crippen LogP contribution < -0.4 is 21.3 Å². The summed E-state index contributed by atoms with van der Waals surface area (Å²) in [7, 11) is 0. The molecule has 3 amide bonds. The van der Waals surface area contributed by atoms with Gasteiger partial charge < -0.3 is 31.5 Å². The van der Waals surface area contributed by atoms with Gasteiger partial charge in [-0.3, -0.25) is 14.4 Å². The minimum Gasteiger partial charge on any atom is -0.480 e. The molecule has 4 atom stereocenters. The molecule has 25 heavy (non-hydrogen) atoms. The molecule has 1 aliphatic heterocycles. The summed E-state index contributed by atoms with van der Waals surface area (Å²) >= 11 is 3.82. The molecular weight excluding hydrogens is 352 g/mol. The SMILES string of the molecule is CC(O)C(NC(=O)CNC(=O)C1CCCN1)C(=O)NC(CS)C(=O)O. The summed E-state index contributed by atoms with van der Waals surface area (Å²) in [5.74, 6) is -3.27. The van der Waals surface area contributed by atoms with Crippen LogP contribution in [-0.2, 0) is 19.2 Å². The van der Waals surface area contributed by atoms with Gasteiger partial charge in [-0.25, -0.2) is 4.79 Å². The van der Waals surface area contributed by atoms with Crippen LogP contribution >= 0.6 is 12.6 Å². The first-order chi connectivity index (χ1) is 11.8. The Kier molecular flexibility index (Phi) is 8.66. The Morgan fingerprint density at radius 1 is 1.28 bits per heavy atom. The summed E-state index contributed by atoms with van der Waals surface area (Å²) in [6.07, 6.45) is 0.308. The van der Waals surface area contributed by atoms with E-state index < -0.39 is 36.0 Å². The van der Waals surface area contributed by atoms with Crippen molar-refractivity contribution < 1.29 is 29.4 Å². The number of amides is 3. The maximum atomic E-state index is 12.1. The van der Waals surface area contributed by atoms with Gasteiger partial charge in [-0.05, 0) is 26.3 Å². The number of aliphatic carboxylic acids is 1. The van der Waals surface area contributed by atoms with Crippen molar-refractivity contribution in [2.75, 3.05) is 18.8 Å².